The van der Waals surface area contributed by atoms with Gasteiger partial charge in [0, 0.05) is 48.4 Å². The third-order valence-corrected chi connectivity index (χ3v) is 6.89. The molecule has 26 heavy (non-hydrogen) atoms. The maximum Gasteiger partial charge on any atom is 0.243 e. The van der Waals surface area contributed by atoms with Gasteiger partial charge >= 0.3 is 0 Å². The van der Waals surface area contributed by atoms with Crippen LogP contribution in [-0.2, 0) is 10.0 Å². The molecule has 1 aliphatic carbocycles. The molecule has 0 atom stereocenters. The lowest BCUT2D eigenvalue weighted by Gasteiger charge is -2.31. The predicted molar refractivity (Wildman–Crippen MR) is 96.0 cm³/mol. The molecule has 0 spiro atoms. The number of rotatable bonds is 2. The number of benzene rings is 2. The maximum atomic E-state index is 12.9. The quantitative estimate of drug-likeness (QED) is 0.682. The number of carbonyl (C=O) groups is 2. The highest BCUT2D eigenvalue weighted by molar-refractivity contribution is 7.89. The van der Waals surface area contributed by atoms with E-state index in [1.807, 2.05) is 7.05 Å². The molecule has 0 radical (unpaired) electrons. The number of piperazine rings is 1. The van der Waals surface area contributed by atoms with E-state index < -0.39 is 10.0 Å². The van der Waals surface area contributed by atoms with Gasteiger partial charge in [0.1, 0.15) is 0 Å². The summed E-state index contributed by atoms with van der Waals surface area (Å²) >= 11 is 0. The molecule has 0 unspecified atom stereocenters. The average molecular weight is 370 g/mol. The molecule has 0 bridgehead atoms. The molecule has 0 aromatic heterocycles. The van der Waals surface area contributed by atoms with Crippen molar-refractivity contribution in [3.05, 3.63) is 64.7 Å². The summed E-state index contributed by atoms with van der Waals surface area (Å²) in [5, 5.41) is 0. The van der Waals surface area contributed by atoms with Crippen molar-refractivity contribution in [1.82, 2.24) is 9.21 Å². The van der Waals surface area contributed by atoms with Crippen molar-refractivity contribution in [3.63, 3.8) is 0 Å². The van der Waals surface area contributed by atoms with E-state index in [9.17, 15) is 18.0 Å². The Bertz CT molecular complexity index is 1020. The molecule has 7 heteroatoms. The summed E-state index contributed by atoms with van der Waals surface area (Å²) in [5.41, 5.74) is 1.09. The maximum absolute atomic E-state index is 12.9. The highest BCUT2D eigenvalue weighted by Gasteiger charge is 2.33. The third kappa shape index (κ3) is 2.59. The topological polar surface area (TPSA) is 74.8 Å². The first-order valence-electron chi connectivity index (χ1n) is 8.41. The van der Waals surface area contributed by atoms with Crippen LogP contribution in [0, 0.1) is 0 Å². The standard InChI is InChI=1S/C19H18N2O4S/c1-20-8-10-21(11-9-20)26(24,25)13-6-7-16-17(12-13)19(23)15-5-3-2-4-14(15)18(16)22/h2-7,12H,8-11H2,1H3. The summed E-state index contributed by atoms with van der Waals surface area (Å²) in [6.45, 7) is 2.14. The van der Waals surface area contributed by atoms with Gasteiger partial charge in [0.15, 0.2) is 11.6 Å². The van der Waals surface area contributed by atoms with Crippen LogP contribution < -0.4 is 0 Å². The Morgan fingerprint density at radius 1 is 0.769 bits per heavy atom. The molecule has 6 nitrogen and oxygen atoms in total. The molecule has 1 fully saturated rings. The number of hydrogen-bond acceptors (Lipinski definition) is 5. The normalized spacial score (nSPS) is 18.5. The zero-order valence-electron chi connectivity index (χ0n) is 14.3. The number of sulfonamides is 1. The monoisotopic (exact) mass is 370 g/mol. The van der Waals surface area contributed by atoms with Crippen molar-refractivity contribution in [1.29, 1.82) is 0 Å². The minimum absolute atomic E-state index is 0.0568. The Balaban J connectivity index is 1.76. The second-order valence-electron chi connectivity index (χ2n) is 6.62. The van der Waals surface area contributed by atoms with Gasteiger partial charge < -0.3 is 4.90 Å². The van der Waals surface area contributed by atoms with E-state index in [-0.39, 0.29) is 27.6 Å². The van der Waals surface area contributed by atoms with Crippen molar-refractivity contribution < 1.29 is 18.0 Å². The summed E-state index contributed by atoms with van der Waals surface area (Å²) in [5.74, 6) is -0.565. The molecule has 2 aliphatic rings. The summed E-state index contributed by atoms with van der Waals surface area (Å²) < 4.78 is 27.3. The fourth-order valence-electron chi connectivity index (χ4n) is 3.42. The predicted octanol–water partition coefficient (Wildman–Crippen LogP) is 1.40. The largest absolute Gasteiger partial charge is 0.304 e. The van der Waals surface area contributed by atoms with Gasteiger partial charge in [-0.3, -0.25) is 9.59 Å². The van der Waals surface area contributed by atoms with Gasteiger partial charge in [-0.05, 0) is 25.2 Å². The van der Waals surface area contributed by atoms with Gasteiger partial charge in [-0.1, -0.05) is 24.3 Å². The van der Waals surface area contributed by atoms with Crippen molar-refractivity contribution in [2.45, 2.75) is 4.90 Å². The van der Waals surface area contributed by atoms with Gasteiger partial charge in [-0.2, -0.15) is 4.31 Å². The molecule has 2 aromatic rings. The van der Waals surface area contributed by atoms with Gasteiger partial charge in [0.25, 0.3) is 0 Å². The van der Waals surface area contributed by atoms with Gasteiger partial charge in [0.05, 0.1) is 4.90 Å². The Kier molecular flexibility index (Phi) is 4.02. The average Bonchev–Trinajstić information content (AvgIpc) is 2.66. The molecule has 0 N–H and O–H groups in total. The van der Waals surface area contributed by atoms with Gasteiger partial charge in [0.2, 0.25) is 10.0 Å². The molecule has 1 aliphatic heterocycles. The van der Waals surface area contributed by atoms with Crippen LogP contribution in [-0.4, -0.2) is 62.4 Å². The van der Waals surface area contributed by atoms with Crippen LogP contribution in [0.15, 0.2) is 47.4 Å². The van der Waals surface area contributed by atoms with E-state index >= 15 is 0 Å². The molecule has 4 rings (SSSR count). The lowest BCUT2D eigenvalue weighted by molar-refractivity contribution is 0.0979. The zero-order chi connectivity index (χ0) is 18.5. The Morgan fingerprint density at radius 2 is 1.31 bits per heavy atom. The minimum Gasteiger partial charge on any atom is -0.304 e. The Morgan fingerprint density at radius 3 is 1.92 bits per heavy atom. The van der Waals surface area contributed by atoms with Crippen molar-refractivity contribution >= 4 is 21.6 Å². The van der Waals surface area contributed by atoms with Crippen LogP contribution in [0.25, 0.3) is 0 Å². The Hall–Kier alpha value is -2.35. The summed E-state index contributed by atoms with van der Waals surface area (Å²) in [4.78, 5) is 27.5. The van der Waals surface area contributed by atoms with E-state index in [2.05, 4.69) is 4.90 Å². The van der Waals surface area contributed by atoms with E-state index in [0.717, 1.165) is 0 Å². The zero-order valence-corrected chi connectivity index (χ0v) is 15.1. The van der Waals surface area contributed by atoms with Crippen LogP contribution in [0.4, 0.5) is 0 Å². The molecule has 0 saturated carbocycles. The molecule has 2 aromatic carbocycles. The lowest BCUT2D eigenvalue weighted by Crippen LogP contribution is -2.47. The number of fused-ring (bicyclic) bond motifs is 2. The molecule has 1 saturated heterocycles. The second kappa shape index (κ2) is 6.12. The van der Waals surface area contributed by atoms with Crippen LogP contribution in [0.5, 0.6) is 0 Å². The van der Waals surface area contributed by atoms with Crippen LogP contribution in [0.2, 0.25) is 0 Å². The van der Waals surface area contributed by atoms with E-state index in [1.165, 1.54) is 22.5 Å². The molecular weight excluding hydrogens is 352 g/mol. The highest BCUT2D eigenvalue weighted by Crippen LogP contribution is 2.29. The van der Waals surface area contributed by atoms with E-state index in [1.54, 1.807) is 24.3 Å². The van der Waals surface area contributed by atoms with Crippen LogP contribution in [0.1, 0.15) is 31.8 Å². The number of hydrogen-bond donors (Lipinski definition) is 0. The first-order valence-corrected chi connectivity index (χ1v) is 9.85. The van der Waals surface area contributed by atoms with E-state index in [0.29, 0.717) is 37.3 Å². The number of ketones is 2. The fourth-order valence-corrected chi connectivity index (χ4v) is 4.87. The number of likely N-dealkylation sites (N-methyl/N-ethyl adjacent to an activating group) is 1. The highest BCUT2D eigenvalue weighted by atomic mass is 32.2. The smallest absolute Gasteiger partial charge is 0.243 e. The van der Waals surface area contributed by atoms with E-state index in [4.69, 9.17) is 0 Å². The first-order chi connectivity index (χ1) is 12.4. The van der Waals surface area contributed by atoms with Crippen molar-refractivity contribution in [2.24, 2.45) is 0 Å². The summed E-state index contributed by atoms with van der Waals surface area (Å²) in [6.07, 6.45) is 0. The first kappa shape index (κ1) is 17.1. The minimum atomic E-state index is -3.69. The lowest BCUT2D eigenvalue weighted by atomic mass is 9.84. The van der Waals surface area contributed by atoms with Gasteiger partial charge in [-0.25, -0.2) is 8.42 Å². The van der Waals surface area contributed by atoms with Crippen LogP contribution in [0.3, 0.4) is 0 Å². The van der Waals surface area contributed by atoms with Crippen molar-refractivity contribution in [3.8, 4) is 0 Å². The molecule has 1 heterocycles. The van der Waals surface area contributed by atoms with Crippen LogP contribution >= 0.6 is 0 Å². The SMILES string of the molecule is CN1CCN(S(=O)(=O)c2ccc3c(c2)C(=O)c2ccccc2C3=O)CC1. The summed E-state index contributed by atoms with van der Waals surface area (Å²) in [7, 11) is -1.75. The van der Waals surface area contributed by atoms with Gasteiger partial charge in [-0.15, -0.1) is 0 Å². The third-order valence-electron chi connectivity index (χ3n) is 5.00. The Labute approximate surface area is 152 Å². The number of carbonyl (C=O) groups excluding carboxylic acids is 2. The number of nitrogens with zero attached hydrogens (tertiary/aromatic N) is 2. The summed E-state index contributed by atoms with van der Waals surface area (Å²) in [6, 6.07) is 10.8. The fraction of sp³-hybridized carbons (Fsp3) is 0.263. The molecule has 0 amide bonds. The van der Waals surface area contributed by atoms with Crippen molar-refractivity contribution in [2.75, 3.05) is 33.2 Å². The second-order valence-corrected chi connectivity index (χ2v) is 8.56. The molecule has 134 valence electrons. The molecular formula is C19H18N2O4S.